The Bertz CT molecular complexity index is 214. The zero-order chi connectivity index (χ0) is 12.1. The second kappa shape index (κ2) is 6.72. The van der Waals surface area contributed by atoms with Crippen LogP contribution in [0, 0.1) is 0 Å². The molecular formula is C14H29N3. The molecule has 17 heavy (non-hydrogen) atoms. The Morgan fingerprint density at radius 1 is 1.18 bits per heavy atom. The molecule has 1 heterocycles. The van der Waals surface area contributed by atoms with Crippen LogP contribution < -0.4 is 5.32 Å². The standard InChI is InChI=1S/C14H29N3/c1-15-13-6-5-9-17(12-13)11-10-16(2)14-7-3-4-8-14/h13-15H,3-12H2,1-2H3. The maximum Gasteiger partial charge on any atom is 0.0192 e. The first kappa shape index (κ1) is 13.3. The second-order valence-corrected chi connectivity index (χ2v) is 5.85. The van der Waals surface area contributed by atoms with Crippen molar-refractivity contribution in [1.82, 2.24) is 15.1 Å². The van der Waals surface area contributed by atoms with Gasteiger partial charge in [-0.3, -0.25) is 0 Å². The van der Waals surface area contributed by atoms with Gasteiger partial charge in [-0.05, 0) is 46.3 Å². The second-order valence-electron chi connectivity index (χ2n) is 5.85. The first-order chi connectivity index (χ1) is 8.29. The van der Waals surface area contributed by atoms with Crippen LogP contribution in [0.5, 0.6) is 0 Å². The molecule has 0 spiro atoms. The molecule has 0 aromatic carbocycles. The molecule has 2 rings (SSSR count). The molecule has 0 aromatic heterocycles. The summed E-state index contributed by atoms with van der Waals surface area (Å²) < 4.78 is 0. The van der Waals surface area contributed by atoms with Crippen LogP contribution in [0.4, 0.5) is 0 Å². The number of piperidine rings is 1. The zero-order valence-corrected chi connectivity index (χ0v) is 11.6. The van der Waals surface area contributed by atoms with Gasteiger partial charge in [0.25, 0.3) is 0 Å². The molecule has 1 N–H and O–H groups in total. The topological polar surface area (TPSA) is 18.5 Å². The highest BCUT2D eigenvalue weighted by molar-refractivity contribution is 4.79. The Kier molecular flexibility index (Phi) is 5.26. The van der Waals surface area contributed by atoms with Crippen molar-refractivity contribution in [2.75, 3.05) is 40.3 Å². The van der Waals surface area contributed by atoms with Crippen LogP contribution in [0.1, 0.15) is 38.5 Å². The van der Waals surface area contributed by atoms with Crippen LogP contribution in [0.3, 0.4) is 0 Å². The normalized spacial score (nSPS) is 28.1. The van der Waals surface area contributed by atoms with Crippen molar-refractivity contribution in [3.8, 4) is 0 Å². The minimum absolute atomic E-state index is 0.723. The number of hydrogen-bond donors (Lipinski definition) is 1. The quantitative estimate of drug-likeness (QED) is 0.785. The van der Waals surface area contributed by atoms with Gasteiger partial charge in [0.2, 0.25) is 0 Å². The molecule has 3 heteroatoms. The third-order valence-corrected chi connectivity index (χ3v) is 4.63. The Morgan fingerprint density at radius 3 is 2.65 bits per heavy atom. The van der Waals surface area contributed by atoms with Gasteiger partial charge in [-0.25, -0.2) is 0 Å². The van der Waals surface area contributed by atoms with Crippen LogP contribution >= 0.6 is 0 Å². The fourth-order valence-electron chi connectivity index (χ4n) is 3.32. The van der Waals surface area contributed by atoms with E-state index in [1.165, 1.54) is 64.7 Å². The summed E-state index contributed by atoms with van der Waals surface area (Å²) in [6.07, 6.45) is 8.45. The highest BCUT2D eigenvalue weighted by Gasteiger charge is 2.21. The summed E-state index contributed by atoms with van der Waals surface area (Å²) in [7, 11) is 4.41. The van der Waals surface area contributed by atoms with Gasteiger partial charge >= 0.3 is 0 Å². The highest BCUT2D eigenvalue weighted by Crippen LogP contribution is 2.22. The van der Waals surface area contributed by atoms with Crippen LogP contribution in [0.2, 0.25) is 0 Å². The van der Waals surface area contributed by atoms with E-state index in [0.717, 1.165) is 12.1 Å². The predicted molar refractivity (Wildman–Crippen MR) is 73.4 cm³/mol. The van der Waals surface area contributed by atoms with E-state index in [1.54, 1.807) is 0 Å². The van der Waals surface area contributed by atoms with E-state index in [1.807, 2.05) is 0 Å². The summed E-state index contributed by atoms with van der Waals surface area (Å²) in [5.74, 6) is 0. The van der Waals surface area contributed by atoms with Crippen LogP contribution in [-0.4, -0.2) is 62.2 Å². The average Bonchev–Trinajstić information content (AvgIpc) is 2.90. The number of hydrogen-bond acceptors (Lipinski definition) is 3. The van der Waals surface area contributed by atoms with Crippen molar-refractivity contribution < 1.29 is 0 Å². The summed E-state index contributed by atoms with van der Waals surface area (Å²) in [6.45, 7) is 5.05. The van der Waals surface area contributed by atoms with Crippen LogP contribution in [-0.2, 0) is 0 Å². The SMILES string of the molecule is CNC1CCCN(CCN(C)C2CCCC2)C1. The van der Waals surface area contributed by atoms with E-state index in [0.29, 0.717) is 0 Å². The van der Waals surface area contributed by atoms with Crippen molar-refractivity contribution in [2.45, 2.75) is 50.6 Å². The molecule has 0 aromatic rings. The Labute approximate surface area is 107 Å². The van der Waals surface area contributed by atoms with E-state index >= 15 is 0 Å². The lowest BCUT2D eigenvalue weighted by molar-refractivity contribution is 0.155. The van der Waals surface area contributed by atoms with Gasteiger partial charge in [-0.1, -0.05) is 12.8 Å². The number of nitrogens with zero attached hydrogens (tertiary/aromatic N) is 2. The molecule has 0 radical (unpaired) electrons. The van der Waals surface area contributed by atoms with Gasteiger partial charge < -0.3 is 15.1 Å². The van der Waals surface area contributed by atoms with Crippen molar-refractivity contribution in [2.24, 2.45) is 0 Å². The summed E-state index contributed by atoms with van der Waals surface area (Å²) in [4.78, 5) is 5.23. The lowest BCUT2D eigenvalue weighted by Gasteiger charge is -2.34. The predicted octanol–water partition coefficient (Wildman–Crippen LogP) is 1.54. The van der Waals surface area contributed by atoms with E-state index in [-0.39, 0.29) is 0 Å². The average molecular weight is 239 g/mol. The van der Waals surface area contributed by atoms with Gasteiger partial charge in [0.1, 0.15) is 0 Å². The molecular weight excluding hydrogens is 210 g/mol. The Balaban J connectivity index is 1.66. The molecule has 1 aliphatic carbocycles. The highest BCUT2D eigenvalue weighted by atomic mass is 15.2. The first-order valence-electron chi connectivity index (χ1n) is 7.39. The number of likely N-dealkylation sites (N-methyl/N-ethyl adjacent to an activating group) is 2. The Morgan fingerprint density at radius 2 is 1.94 bits per heavy atom. The largest absolute Gasteiger partial charge is 0.316 e. The zero-order valence-electron chi connectivity index (χ0n) is 11.6. The Hall–Kier alpha value is -0.120. The van der Waals surface area contributed by atoms with Crippen LogP contribution in [0.15, 0.2) is 0 Å². The van der Waals surface area contributed by atoms with Gasteiger partial charge in [-0.2, -0.15) is 0 Å². The van der Waals surface area contributed by atoms with Crippen molar-refractivity contribution in [3.63, 3.8) is 0 Å². The van der Waals surface area contributed by atoms with Crippen molar-refractivity contribution >= 4 is 0 Å². The van der Waals surface area contributed by atoms with Gasteiger partial charge in [0, 0.05) is 31.7 Å². The van der Waals surface area contributed by atoms with E-state index in [2.05, 4.69) is 29.2 Å². The fourth-order valence-corrected chi connectivity index (χ4v) is 3.32. The van der Waals surface area contributed by atoms with Gasteiger partial charge in [-0.15, -0.1) is 0 Å². The molecule has 1 saturated heterocycles. The molecule has 100 valence electrons. The van der Waals surface area contributed by atoms with E-state index in [4.69, 9.17) is 0 Å². The molecule has 3 nitrogen and oxygen atoms in total. The summed E-state index contributed by atoms with van der Waals surface area (Å²) in [6, 6.07) is 1.60. The maximum absolute atomic E-state index is 3.42. The molecule has 0 amide bonds. The molecule has 1 aliphatic heterocycles. The van der Waals surface area contributed by atoms with Gasteiger partial charge in [0.05, 0.1) is 0 Å². The first-order valence-corrected chi connectivity index (χ1v) is 7.39. The maximum atomic E-state index is 3.42. The van der Waals surface area contributed by atoms with E-state index < -0.39 is 0 Å². The molecule has 1 saturated carbocycles. The smallest absolute Gasteiger partial charge is 0.0192 e. The number of nitrogens with one attached hydrogen (secondary N) is 1. The van der Waals surface area contributed by atoms with Crippen LogP contribution in [0.25, 0.3) is 0 Å². The molecule has 1 unspecified atom stereocenters. The fraction of sp³-hybridized carbons (Fsp3) is 1.00. The minimum Gasteiger partial charge on any atom is -0.316 e. The monoisotopic (exact) mass is 239 g/mol. The number of rotatable bonds is 5. The summed E-state index contributed by atoms with van der Waals surface area (Å²) in [5, 5.41) is 3.42. The van der Waals surface area contributed by atoms with Gasteiger partial charge in [0.15, 0.2) is 0 Å². The summed E-state index contributed by atoms with van der Waals surface area (Å²) in [5.41, 5.74) is 0. The van der Waals surface area contributed by atoms with Crippen molar-refractivity contribution in [3.05, 3.63) is 0 Å². The third kappa shape index (κ3) is 3.94. The molecule has 2 aliphatic rings. The molecule has 0 bridgehead atoms. The third-order valence-electron chi connectivity index (χ3n) is 4.63. The lowest BCUT2D eigenvalue weighted by Crippen LogP contribution is -2.47. The summed E-state index contributed by atoms with van der Waals surface area (Å²) >= 11 is 0. The van der Waals surface area contributed by atoms with Crippen molar-refractivity contribution in [1.29, 1.82) is 0 Å². The minimum atomic E-state index is 0.723. The van der Waals surface area contributed by atoms with E-state index in [9.17, 15) is 0 Å². The molecule has 1 atom stereocenters. The molecule has 2 fully saturated rings. The number of likely N-dealkylation sites (tertiary alicyclic amines) is 1. The lowest BCUT2D eigenvalue weighted by atomic mass is 10.1.